The van der Waals surface area contributed by atoms with Crippen molar-refractivity contribution in [3.63, 3.8) is 0 Å². The number of hydrogen-bond acceptors (Lipinski definition) is 2. The van der Waals surface area contributed by atoms with Crippen LogP contribution >= 0.6 is 0 Å². The number of hydrogen-bond donors (Lipinski definition) is 1. The van der Waals surface area contributed by atoms with E-state index in [0.717, 1.165) is 6.07 Å². The molecule has 0 amide bonds. The summed E-state index contributed by atoms with van der Waals surface area (Å²) < 4.78 is 41.2. The zero-order valence-electron chi connectivity index (χ0n) is 9.97. The molecule has 0 aliphatic rings. The molecule has 2 aromatic rings. The standard InChI is InChI=1S/C12H12F3N3/c1-3-10-17-11(12(16)18(10)2)6-4-8(14)9(15)5-7(6)13/h4-5H,3,16H2,1-2H3. The molecule has 0 aliphatic carbocycles. The number of nitrogens with zero attached hydrogens (tertiary/aromatic N) is 2. The van der Waals surface area contributed by atoms with Crippen LogP contribution in [0.1, 0.15) is 12.7 Å². The van der Waals surface area contributed by atoms with Crippen molar-refractivity contribution < 1.29 is 13.2 Å². The van der Waals surface area contributed by atoms with Crippen LogP contribution in [0.3, 0.4) is 0 Å². The summed E-state index contributed by atoms with van der Waals surface area (Å²) >= 11 is 0. The first-order valence-electron chi connectivity index (χ1n) is 5.41. The molecule has 0 fully saturated rings. The molecule has 6 heteroatoms. The van der Waals surface area contributed by atoms with Gasteiger partial charge in [-0.1, -0.05) is 6.92 Å². The van der Waals surface area contributed by atoms with E-state index in [1.807, 2.05) is 6.92 Å². The van der Waals surface area contributed by atoms with Gasteiger partial charge in [-0.3, -0.25) is 0 Å². The molecule has 96 valence electrons. The molecule has 2 rings (SSSR count). The van der Waals surface area contributed by atoms with Crippen LogP contribution in [0.15, 0.2) is 12.1 Å². The van der Waals surface area contributed by atoms with Crippen molar-refractivity contribution in [2.24, 2.45) is 7.05 Å². The smallest absolute Gasteiger partial charge is 0.161 e. The Morgan fingerprint density at radius 2 is 1.78 bits per heavy atom. The van der Waals surface area contributed by atoms with Crippen molar-refractivity contribution in [1.29, 1.82) is 0 Å². The first-order valence-corrected chi connectivity index (χ1v) is 5.41. The van der Waals surface area contributed by atoms with Gasteiger partial charge in [0, 0.05) is 25.1 Å². The molecule has 1 heterocycles. The summed E-state index contributed by atoms with van der Waals surface area (Å²) in [4.78, 5) is 4.14. The number of aromatic nitrogens is 2. The van der Waals surface area contributed by atoms with Gasteiger partial charge in [-0.25, -0.2) is 18.2 Å². The summed E-state index contributed by atoms with van der Waals surface area (Å²) in [6, 6.07) is 1.26. The fourth-order valence-electron chi connectivity index (χ4n) is 1.78. The molecule has 0 atom stereocenters. The van der Waals surface area contributed by atoms with Crippen LogP contribution in [-0.4, -0.2) is 9.55 Å². The van der Waals surface area contributed by atoms with Gasteiger partial charge >= 0.3 is 0 Å². The molecule has 0 aliphatic heterocycles. The monoisotopic (exact) mass is 255 g/mol. The predicted octanol–water partition coefficient (Wildman–Crippen LogP) is 2.65. The van der Waals surface area contributed by atoms with Gasteiger partial charge in [0.2, 0.25) is 0 Å². The minimum Gasteiger partial charge on any atom is -0.383 e. The van der Waals surface area contributed by atoms with Crippen LogP contribution in [0.5, 0.6) is 0 Å². The van der Waals surface area contributed by atoms with Gasteiger partial charge in [-0.15, -0.1) is 0 Å². The number of nitrogens with two attached hydrogens (primary N) is 1. The number of benzene rings is 1. The molecule has 0 saturated carbocycles. The number of imidazole rings is 1. The summed E-state index contributed by atoms with van der Waals surface area (Å²) in [5.74, 6) is -2.39. The largest absolute Gasteiger partial charge is 0.383 e. The molecular formula is C12H12F3N3. The summed E-state index contributed by atoms with van der Waals surface area (Å²) in [5.41, 5.74) is 5.78. The highest BCUT2D eigenvalue weighted by atomic mass is 19.2. The van der Waals surface area contributed by atoms with Crippen molar-refractivity contribution >= 4 is 5.82 Å². The third-order valence-corrected chi connectivity index (χ3v) is 2.81. The second-order valence-corrected chi connectivity index (χ2v) is 3.92. The zero-order valence-corrected chi connectivity index (χ0v) is 9.97. The van der Waals surface area contributed by atoms with E-state index >= 15 is 0 Å². The lowest BCUT2D eigenvalue weighted by atomic mass is 10.1. The fourth-order valence-corrected chi connectivity index (χ4v) is 1.78. The highest BCUT2D eigenvalue weighted by molar-refractivity contribution is 5.71. The van der Waals surface area contributed by atoms with Gasteiger partial charge < -0.3 is 10.3 Å². The van der Waals surface area contributed by atoms with E-state index in [1.54, 1.807) is 11.6 Å². The Hall–Kier alpha value is -1.98. The summed E-state index contributed by atoms with van der Waals surface area (Å²) in [6.45, 7) is 1.87. The molecule has 0 saturated heterocycles. The van der Waals surface area contributed by atoms with Crippen LogP contribution in [0.2, 0.25) is 0 Å². The molecular weight excluding hydrogens is 243 g/mol. The minimum absolute atomic E-state index is 0.130. The molecule has 1 aromatic carbocycles. The lowest BCUT2D eigenvalue weighted by Gasteiger charge is -2.03. The maximum Gasteiger partial charge on any atom is 0.161 e. The average Bonchev–Trinajstić information content (AvgIpc) is 2.61. The van der Waals surface area contributed by atoms with Gasteiger partial charge in [-0.05, 0) is 6.07 Å². The Morgan fingerprint density at radius 1 is 1.17 bits per heavy atom. The number of halogens is 3. The van der Waals surface area contributed by atoms with Gasteiger partial charge in [0.1, 0.15) is 23.2 Å². The van der Waals surface area contributed by atoms with Gasteiger partial charge in [0.25, 0.3) is 0 Å². The van der Waals surface area contributed by atoms with Crippen molar-refractivity contribution in [1.82, 2.24) is 9.55 Å². The van der Waals surface area contributed by atoms with Crippen molar-refractivity contribution in [3.05, 3.63) is 35.4 Å². The van der Waals surface area contributed by atoms with Gasteiger partial charge in [0.15, 0.2) is 11.6 Å². The highest BCUT2D eigenvalue weighted by Crippen LogP contribution is 2.29. The molecule has 0 radical (unpaired) electrons. The third kappa shape index (κ3) is 1.83. The van der Waals surface area contributed by atoms with Crippen molar-refractivity contribution in [2.75, 3.05) is 5.73 Å². The Bertz CT molecular complexity index is 605. The first-order chi connectivity index (χ1) is 8.45. The SMILES string of the molecule is CCc1nc(-c2cc(F)c(F)cc2F)c(N)n1C. The van der Waals surface area contributed by atoms with Gasteiger partial charge in [-0.2, -0.15) is 0 Å². The third-order valence-electron chi connectivity index (χ3n) is 2.81. The molecule has 18 heavy (non-hydrogen) atoms. The second-order valence-electron chi connectivity index (χ2n) is 3.92. The van der Waals surface area contributed by atoms with Crippen LogP contribution < -0.4 is 5.73 Å². The van der Waals surface area contributed by atoms with Crippen LogP contribution in [0.4, 0.5) is 19.0 Å². The van der Waals surface area contributed by atoms with E-state index in [4.69, 9.17) is 5.73 Å². The first kappa shape index (κ1) is 12.5. The lowest BCUT2D eigenvalue weighted by Crippen LogP contribution is -2.00. The molecule has 3 nitrogen and oxygen atoms in total. The van der Waals surface area contributed by atoms with Crippen molar-refractivity contribution in [2.45, 2.75) is 13.3 Å². The quantitative estimate of drug-likeness (QED) is 0.838. The lowest BCUT2D eigenvalue weighted by molar-refractivity contribution is 0.496. The Kier molecular flexibility index (Phi) is 3.02. The summed E-state index contributed by atoms with van der Waals surface area (Å²) in [7, 11) is 1.68. The number of anilines is 1. The van der Waals surface area contributed by atoms with Gasteiger partial charge in [0.05, 0.1) is 0 Å². The van der Waals surface area contributed by atoms with E-state index in [9.17, 15) is 13.2 Å². The van der Waals surface area contributed by atoms with Crippen LogP contribution in [0, 0.1) is 17.5 Å². The predicted molar refractivity (Wildman–Crippen MR) is 62.3 cm³/mol. The van der Waals surface area contributed by atoms with Crippen molar-refractivity contribution in [3.8, 4) is 11.3 Å². The van der Waals surface area contributed by atoms with Crippen LogP contribution in [0.25, 0.3) is 11.3 Å². The molecule has 0 bridgehead atoms. The Balaban J connectivity index is 2.66. The molecule has 1 aromatic heterocycles. The minimum atomic E-state index is -1.23. The zero-order chi connectivity index (χ0) is 13.4. The van der Waals surface area contributed by atoms with E-state index in [2.05, 4.69) is 4.98 Å². The number of rotatable bonds is 2. The molecule has 2 N–H and O–H groups in total. The highest BCUT2D eigenvalue weighted by Gasteiger charge is 2.18. The second kappa shape index (κ2) is 4.36. The maximum atomic E-state index is 13.6. The fraction of sp³-hybridized carbons (Fsp3) is 0.250. The Labute approximate surface area is 102 Å². The maximum absolute atomic E-state index is 13.6. The normalized spacial score (nSPS) is 10.9. The average molecular weight is 255 g/mol. The topological polar surface area (TPSA) is 43.8 Å². The molecule has 0 unspecified atom stereocenters. The van der Waals surface area contributed by atoms with Crippen LogP contribution in [-0.2, 0) is 13.5 Å². The van der Waals surface area contributed by atoms with E-state index in [1.165, 1.54) is 0 Å². The summed E-state index contributed by atoms with van der Waals surface area (Å²) in [6.07, 6.45) is 0.603. The molecule has 0 spiro atoms. The van der Waals surface area contributed by atoms with E-state index < -0.39 is 17.5 Å². The number of nitrogen functional groups attached to an aromatic ring is 1. The van der Waals surface area contributed by atoms with E-state index in [-0.39, 0.29) is 17.1 Å². The summed E-state index contributed by atoms with van der Waals surface area (Å²) in [5, 5.41) is 0. The number of aryl methyl sites for hydroxylation is 1. The van der Waals surface area contributed by atoms with E-state index in [0.29, 0.717) is 18.3 Å². The Morgan fingerprint density at radius 3 is 2.33 bits per heavy atom.